The number of hydrogen-bond acceptors (Lipinski definition) is 3. The zero-order valence-electron chi connectivity index (χ0n) is 15.1. The first kappa shape index (κ1) is 18.1. The Morgan fingerprint density at radius 2 is 1.73 bits per heavy atom. The van der Waals surface area contributed by atoms with Gasteiger partial charge in [0.2, 0.25) is 5.91 Å². The molecule has 1 aromatic heterocycles. The average Bonchev–Trinajstić information content (AvgIpc) is 3.00. The van der Waals surface area contributed by atoms with Crippen molar-refractivity contribution in [2.24, 2.45) is 0 Å². The van der Waals surface area contributed by atoms with Crippen LogP contribution in [0.15, 0.2) is 54.6 Å². The number of nitrogens with zero attached hydrogens (tertiary/aromatic N) is 4. The third-order valence-electron chi connectivity index (χ3n) is 4.22. The maximum Gasteiger partial charge on any atom is 0.245 e. The summed E-state index contributed by atoms with van der Waals surface area (Å²) in [6.45, 7) is 5.91. The molecule has 26 heavy (non-hydrogen) atoms. The molecule has 3 rings (SSSR count). The van der Waals surface area contributed by atoms with Crippen LogP contribution >= 0.6 is 11.6 Å². The number of para-hydroxylation sites is 2. The number of benzene rings is 2. The molecule has 0 radical (unpaired) electrons. The normalized spacial score (nSPS) is 12.0. The molecule has 3 aromatic rings. The number of halogens is 1. The maximum atomic E-state index is 12.7. The first-order valence-corrected chi connectivity index (χ1v) is 8.90. The summed E-state index contributed by atoms with van der Waals surface area (Å²) >= 11 is 6.09. The SMILES string of the molecule is Cc1ccccc1-n1c(C)nnc1CN(C(=O)C(C)Cl)c1ccccc1. The first-order chi connectivity index (χ1) is 12.5. The standard InChI is InChI=1S/C20H21ClN4O/c1-14-9-7-8-12-18(14)25-16(3)22-23-19(25)13-24(20(26)15(2)21)17-10-5-4-6-11-17/h4-12,15H,13H2,1-3H3. The van der Waals surface area contributed by atoms with Crippen LogP contribution in [-0.4, -0.2) is 26.0 Å². The molecule has 0 aliphatic heterocycles. The van der Waals surface area contributed by atoms with Gasteiger partial charge >= 0.3 is 0 Å². The van der Waals surface area contributed by atoms with Gasteiger partial charge in [0, 0.05) is 5.69 Å². The predicted octanol–water partition coefficient (Wildman–Crippen LogP) is 4.04. The van der Waals surface area contributed by atoms with Crippen LogP contribution in [-0.2, 0) is 11.3 Å². The Kier molecular flexibility index (Phi) is 5.38. The summed E-state index contributed by atoms with van der Waals surface area (Å²) < 4.78 is 1.98. The highest BCUT2D eigenvalue weighted by Gasteiger charge is 2.24. The van der Waals surface area contributed by atoms with Gasteiger partial charge in [-0.1, -0.05) is 36.4 Å². The van der Waals surface area contributed by atoms with Gasteiger partial charge in [0.15, 0.2) is 5.82 Å². The number of alkyl halides is 1. The van der Waals surface area contributed by atoms with E-state index in [9.17, 15) is 4.79 Å². The topological polar surface area (TPSA) is 51.0 Å². The van der Waals surface area contributed by atoms with Gasteiger partial charge in [-0.3, -0.25) is 9.36 Å². The van der Waals surface area contributed by atoms with Crippen LogP contribution in [0.25, 0.3) is 5.69 Å². The molecule has 0 saturated heterocycles. The smallest absolute Gasteiger partial charge is 0.245 e. The van der Waals surface area contributed by atoms with Crippen molar-refractivity contribution in [2.45, 2.75) is 32.7 Å². The molecule has 1 unspecified atom stereocenters. The van der Waals surface area contributed by atoms with Crippen LogP contribution in [0.3, 0.4) is 0 Å². The van der Waals surface area contributed by atoms with Crippen LogP contribution in [0.5, 0.6) is 0 Å². The van der Waals surface area contributed by atoms with Crippen molar-refractivity contribution in [2.75, 3.05) is 4.90 Å². The minimum Gasteiger partial charge on any atom is -0.303 e. The molecule has 0 fully saturated rings. The third kappa shape index (κ3) is 3.63. The largest absolute Gasteiger partial charge is 0.303 e. The fourth-order valence-electron chi connectivity index (χ4n) is 2.90. The van der Waals surface area contributed by atoms with E-state index in [0.717, 1.165) is 22.8 Å². The molecule has 1 atom stereocenters. The van der Waals surface area contributed by atoms with E-state index in [1.54, 1.807) is 11.8 Å². The summed E-state index contributed by atoms with van der Waals surface area (Å²) in [4.78, 5) is 14.4. The average molecular weight is 369 g/mol. The number of aryl methyl sites for hydroxylation is 2. The van der Waals surface area contributed by atoms with Gasteiger partial charge in [-0.15, -0.1) is 21.8 Å². The molecule has 1 amide bonds. The van der Waals surface area contributed by atoms with Crippen LogP contribution < -0.4 is 4.90 Å². The third-order valence-corrected chi connectivity index (χ3v) is 4.41. The van der Waals surface area contributed by atoms with Crippen molar-refractivity contribution in [3.63, 3.8) is 0 Å². The molecule has 0 saturated carbocycles. The molecule has 0 N–H and O–H groups in total. The number of anilines is 1. The van der Waals surface area contributed by atoms with Gasteiger partial charge in [-0.2, -0.15) is 0 Å². The minimum atomic E-state index is -0.633. The van der Waals surface area contributed by atoms with Crippen molar-refractivity contribution in [3.05, 3.63) is 71.8 Å². The van der Waals surface area contributed by atoms with Gasteiger partial charge in [0.05, 0.1) is 12.2 Å². The number of carbonyl (C=O) groups excluding carboxylic acids is 1. The molecule has 2 aromatic carbocycles. The lowest BCUT2D eigenvalue weighted by Crippen LogP contribution is -2.36. The molecule has 6 heteroatoms. The zero-order valence-corrected chi connectivity index (χ0v) is 15.8. The minimum absolute atomic E-state index is 0.171. The van der Waals surface area contributed by atoms with Crippen molar-refractivity contribution in [1.82, 2.24) is 14.8 Å². The molecule has 5 nitrogen and oxygen atoms in total. The molecule has 0 aliphatic carbocycles. The van der Waals surface area contributed by atoms with E-state index in [0.29, 0.717) is 5.82 Å². The summed E-state index contributed by atoms with van der Waals surface area (Å²) in [5.74, 6) is 1.29. The van der Waals surface area contributed by atoms with Crippen LogP contribution in [0, 0.1) is 13.8 Å². The van der Waals surface area contributed by atoms with E-state index in [1.165, 1.54) is 0 Å². The van der Waals surface area contributed by atoms with E-state index in [2.05, 4.69) is 10.2 Å². The quantitative estimate of drug-likeness (QED) is 0.638. The summed E-state index contributed by atoms with van der Waals surface area (Å²) in [6, 6.07) is 17.5. The van der Waals surface area contributed by atoms with Gasteiger partial charge in [0.25, 0.3) is 0 Å². The van der Waals surface area contributed by atoms with Gasteiger partial charge in [-0.25, -0.2) is 0 Å². The Morgan fingerprint density at radius 3 is 2.38 bits per heavy atom. The summed E-state index contributed by atoms with van der Waals surface area (Å²) in [5.41, 5.74) is 2.89. The second-order valence-corrected chi connectivity index (χ2v) is 6.82. The van der Waals surface area contributed by atoms with Crippen molar-refractivity contribution >= 4 is 23.2 Å². The number of rotatable bonds is 5. The van der Waals surface area contributed by atoms with E-state index in [4.69, 9.17) is 11.6 Å². The molecular formula is C20H21ClN4O. The Balaban J connectivity index is 2.04. The second kappa shape index (κ2) is 7.70. The Hall–Kier alpha value is -2.66. The summed E-state index contributed by atoms with van der Waals surface area (Å²) in [6.07, 6.45) is 0. The molecule has 0 bridgehead atoms. The number of aromatic nitrogens is 3. The van der Waals surface area contributed by atoms with E-state index < -0.39 is 5.38 Å². The lowest BCUT2D eigenvalue weighted by Gasteiger charge is -2.24. The molecular weight excluding hydrogens is 348 g/mol. The maximum absolute atomic E-state index is 12.7. The highest BCUT2D eigenvalue weighted by Crippen LogP contribution is 2.22. The molecule has 0 spiro atoms. The lowest BCUT2D eigenvalue weighted by molar-refractivity contribution is -0.118. The first-order valence-electron chi connectivity index (χ1n) is 8.46. The Labute approximate surface area is 158 Å². The Bertz CT molecular complexity index is 905. The van der Waals surface area contributed by atoms with Gasteiger partial charge in [0.1, 0.15) is 11.2 Å². The zero-order chi connectivity index (χ0) is 18.7. The molecule has 0 aliphatic rings. The highest BCUT2D eigenvalue weighted by molar-refractivity contribution is 6.32. The molecule has 1 heterocycles. The van der Waals surface area contributed by atoms with E-state index >= 15 is 0 Å². The van der Waals surface area contributed by atoms with Gasteiger partial charge < -0.3 is 4.90 Å². The Morgan fingerprint density at radius 1 is 1.08 bits per heavy atom. The van der Waals surface area contributed by atoms with Crippen LogP contribution in [0.2, 0.25) is 0 Å². The van der Waals surface area contributed by atoms with Crippen molar-refractivity contribution in [3.8, 4) is 5.69 Å². The van der Waals surface area contributed by atoms with Gasteiger partial charge in [-0.05, 0) is 44.5 Å². The molecule has 134 valence electrons. The number of hydrogen-bond donors (Lipinski definition) is 0. The highest BCUT2D eigenvalue weighted by atomic mass is 35.5. The summed E-state index contributed by atoms with van der Waals surface area (Å²) in [7, 11) is 0. The number of carbonyl (C=O) groups is 1. The number of amides is 1. The van der Waals surface area contributed by atoms with Crippen LogP contribution in [0.1, 0.15) is 24.1 Å². The summed E-state index contributed by atoms with van der Waals surface area (Å²) in [5, 5.41) is 7.91. The second-order valence-electron chi connectivity index (χ2n) is 6.16. The fraction of sp³-hybridized carbons (Fsp3) is 0.250. The van der Waals surface area contributed by atoms with E-state index in [1.807, 2.05) is 73.0 Å². The fourth-order valence-corrected chi connectivity index (χ4v) is 3.01. The van der Waals surface area contributed by atoms with E-state index in [-0.39, 0.29) is 12.5 Å². The van der Waals surface area contributed by atoms with Crippen LogP contribution in [0.4, 0.5) is 5.69 Å². The van der Waals surface area contributed by atoms with Crippen molar-refractivity contribution < 1.29 is 4.79 Å². The predicted molar refractivity (Wildman–Crippen MR) is 104 cm³/mol. The monoisotopic (exact) mass is 368 g/mol. The lowest BCUT2D eigenvalue weighted by atomic mass is 10.2. The van der Waals surface area contributed by atoms with Crippen molar-refractivity contribution in [1.29, 1.82) is 0 Å².